The highest BCUT2D eigenvalue weighted by Gasteiger charge is 2.38. The first kappa shape index (κ1) is 19.3. The fourth-order valence-corrected chi connectivity index (χ4v) is 3.83. The van der Waals surface area contributed by atoms with E-state index in [2.05, 4.69) is 32.7 Å². The summed E-state index contributed by atoms with van der Waals surface area (Å²) in [6.45, 7) is 10.4. The van der Waals surface area contributed by atoms with Crippen LogP contribution in [0, 0.1) is 5.41 Å². The molecule has 0 spiro atoms. The largest absolute Gasteiger partial charge is 0.329 e. The van der Waals surface area contributed by atoms with E-state index in [1.165, 1.54) is 0 Å². The molecule has 144 valence electrons. The third-order valence-electron chi connectivity index (χ3n) is 5.12. The number of piperidine rings is 1. The molecule has 1 N–H and O–H groups in total. The lowest BCUT2D eigenvalue weighted by atomic mass is 9.88. The first-order valence-corrected chi connectivity index (χ1v) is 9.57. The number of carbonyl (C=O) groups excluding carboxylic acids is 3. The molecule has 0 aromatic heterocycles. The summed E-state index contributed by atoms with van der Waals surface area (Å²) in [7, 11) is 0. The maximum Gasteiger partial charge on any atom is 0.255 e. The van der Waals surface area contributed by atoms with Crippen LogP contribution in [0.2, 0.25) is 0 Å². The van der Waals surface area contributed by atoms with Gasteiger partial charge in [-0.2, -0.15) is 0 Å². The molecule has 3 rings (SSSR count). The van der Waals surface area contributed by atoms with Crippen LogP contribution >= 0.6 is 0 Å². The fourth-order valence-electron chi connectivity index (χ4n) is 3.83. The van der Waals surface area contributed by atoms with Gasteiger partial charge in [-0.25, -0.2) is 0 Å². The standard InChI is InChI=1S/C22H28N2O3/c1-14-5-10-19(20(26)23-14)24-13-16-11-15(7-9-18(16)21(24)27)6-8-17(25)12-22(2,3)4/h7,9,11,19H,1,5-6,8,10,12-13H2,2-4H3,(H,23,26). The lowest BCUT2D eigenvalue weighted by Crippen LogP contribution is -2.49. The summed E-state index contributed by atoms with van der Waals surface area (Å²) < 4.78 is 0. The Morgan fingerprint density at radius 3 is 2.70 bits per heavy atom. The van der Waals surface area contributed by atoms with Crippen molar-refractivity contribution in [2.45, 2.75) is 65.5 Å². The van der Waals surface area contributed by atoms with Gasteiger partial charge in [-0.15, -0.1) is 0 Å². The highest BCUT2D eigenvalue weighted by atomic mass is 16.2. The Balaban J connectivity index is 1.66. The van der Waals surface area contributed by atoms with Gasteiger partial charge < -0.3 is 10.2 Å². The maximum absolute atomic E-state index is 12.7. The number of amides is 2. The van der Waals surface area contributed by atoms with Crippen molar-refractivity contribution in [1.29, 1.82) is 0 Å². The van der Waals surface area contributed by atoms with Crippen molar-refractivity contribution in [1.82, 2.24) is 10.2 Å². The zero-order valence-corrected chi connectivity index (χ0v) is 16.4. The fraction of sp³-hybridized carbons (Fsp3) is 0.500. The second-order valence-electron chi connectivity index (χ2n) is 8.85. The van der Waals surface area contributed by atoms with Crippen LogP contribution in [0.1, 0.15) is 67.9 Å². The van der Waals surface area contributed by atoms with Gasteiger partial charge in [0.2, 0.25) is 5.91 Å². The smallest absolute Gasteiger partial charge is 0.255 e. The third-order valence-corrected chi connectivity index (χ3v) is 5.12. The van der Waals surface area contributed by atoms with Crippen molar-refractivity contribution >= 4 is 17.6 Å². The molecule has 0 bridgehead atoms. The molecule has 2 amide bonds. The minimum atomic E-state index is -0.438. The monoisotopic (exact) mass is 368 g/mol. The van der Waals surface area contributed by atoms with Crippen molar-refractivity contribution in [2.24, 2.45) is 5.41 Å². The molecule has 0 aliphatic carbocycles. The zero-order valence-electron chi connectivity index (χ0n) is 16.4. The minimum Gasteiger partial charge on any atom is -0.329 e. The van der Waals surface area contributed by atoms with E-state index in [0.717, 1.165) is 11.1 Å². The van der Waals surface area contributed by atoms with E-state index >= 15 is 0 Å². The average molecular weight is 368 g/mol. The first-order valence-electron chi connectivity index (χ1n) is 9.57. The normalized spacial score (nSPS) is 19.9. The molecular formula is C22H28N2O3. The number of benzene rings is 1. The molecule has 1 fully saturated rings. The van der Waals surface area contributed by atoms with E-state index in [9.17, 15) is 14.4 Å². The van der Waals surface area contributed by atoms with Gasteiger partial charge in [0.15, 0.2) is 0 Å². The number of fused-ring (bicyclic) bond motifs is 1. The number of aryl methyl sites for hydroxylation is 1. The molecule has 1 aromatic rings. The first-order chi connectivity index (χ1) is 12.6. The third kappa shape index (κ3) is 4.46. The van der Waals surface area contributed by atoms with E-state index in [1.807, 2.05) is 18.2 Å². The zero-order chi connectivity index (χ0) is 19.8. The molecule has 5 nitrogen and oxygen atoms in total. The number of rotatable bonds is 5. The molecule has 1 unspecified atom stereocenters. The van der Waals surface area contributed by atoms with Crippen LogP contribution in [-0.2, 0) is 22.6 Å². The predicted molar refractivity (Wildman–Crippen MR) is 104 cm³/mol. The Hall–Kier alpha value is -2.43. The van der Waals surface area contributed by atoms with Gasteiger partial charge >= 0.3 is 0 Å². The molecule has 5 heteroatoms. The molecular weight excluding hydrogens is 340 g/mol. The second-order valence-corrected chi connectivity index (χ2v) is 8.85. The van der Waals surface area contributed by atoms with Crippen LogP contribution in [0.25, 0.3) is 0 Å². The lowest BCUT2D eigenvalue weighted by Gasteiger charge is -2.30. The van der Waals surface area contributed by atoms with E-state index < -0.39 is 6.04 Å². The van der Waals surface area contributed by atoms with Gasteiger partial charge in [-0.1, -0.05) is 39.5 Å². The predicted octanol–water partition coefficient (Wildman–Crippen LogP) is 3.37. The van der Waals surface area contributed by atoms with Gasteiger partial charge in [0, 0.05) is 30.6 Å². The average Bonchev–Trinajstić information content (AvgIpc) is 2.88. The van der Waals surface area contributed by atoms with E-state index in [1.54, 1.807) is 4.90 Å². The number of nitrogens with zero attached hydrogens (tertiary/aromatic N) is 1. The van der Waals surface area contributed by atoms with Crippen molar-refractivity contribution in [3.63, 3.8) is 0 Å². The summed E-state index contributed by atoms with van der Waals surface area (Å²) in [6.07, 6.45) is 3.07. The van der Waals surface area contributed by atoms with Crippen molar-refractivity contribution in [3.05, 3.63) is 47.2 Å². The molecule has 2 aliphatic heterocycles. The van der Waals surface area contributed by atoms with Crippen molar-refractivity contribution < 1.29 is 14.4 Å². The van der Waals surface area contributed by atoms with Gasteiger partial charge in [0.1, 0.15) is 11.8 Å². The van der Waals surface area contributed by atoms with E-state index in [4.69, 9.17) is 0 Å². The molecule has 2 aliphatic rings. The number of hydrogen-bond acceptors (Lipinski definition) is 3. The number of hydrogen-bond donors (Lipinski definition) is 1. The number of allylic oxidation sites excluding steroid dienone is 1. The number of nitrogens with one attached hydrogen (secondary N) is 1. The van der Waals surface area contributed by atoms with Gasteiger partial charge in [-0.05, 0) is 41.9 Å². The molecule has 0 radical (unpaired) electrons. The highest BCUT2D eigenvalue weighted by Crippen LogP contribution is 2.29. The summed E-state index contributed by atoms with van der Waals surface area (Å²) in [5.41, 5.74) is 3.39. The Bertz CT molecular complexity index is 804. The van der Waals surface area contributed by atoms with E-state index in [-0.39, 0.29) is 23.0 Å². The quantitative estimate of drug-likeness (QED) is 0.866. The van der Waals surface area contributed by atoms with Gasteiger partial charge in [0.05, 0.1) is 0 Å². The van der Waals surface area contributed by atoms with Crippen molar-refractivity contribution in [2.75, 3.05) is 0 Å². The molecule has 1 saturated heterocycles. The topological polar surface area (TPSA) is 66.5 Å². The number of Topliss-reactive ketones (excluding diaryl/α,β-unsaturated/α-hetero) is 1. The molecule has 0 saturated carbocycles. The van der Waals surface area contributed by atoms with Crippen molar-refractivity contribution in [3.8, 4) is 0 Å². The lowest BCUT2D eigenvalue weighted by molar-refractivity contribution is -0.126. The summed E-state index contributed by atoms with van der Waals surface area (Å²) in [6, 6.07) is 5.33. The van der Waals surface area contributed by atoms with Crippen LogP contribution < -0.4 is 5.32 Å². The highest BCUT2D eigenvalue weighted by molar-refractivity contribution is 6.01. The molecule has 2 heterocycles. The Morgan fingerprint density at radius 1 is 1.30 bits per heavy atom. The minimum absolute atomic E-state index is 0.00775. The molecule has 27 heavy (non-hydrogen) atoms. The van der Waals surface area contributed by atoms with Gasteiger partial charge in [0.25, 0.3) is 5.91 Å². The number of carbonyl (C=O) groups is 3. The Labute approximate surface area is 160 Å². The summed E-state index contributed by atoms with van der Waals surface area (Å²) in [5.74, 6) is 0.0215. The maximum atomic E-state index is 12.7. The summed E-state index contributed by atoms with van der Waals surface area (Å²) in [4.78, 5) is 38.7. The van der Waals surface area contributed by atoms with Gasteiger partial charge in [-0.3, -0.25) is 14.4 Å². The second kappa shape index (κ2) is 7.29. The summed E-state index contributed by atoms with van der Waals surface area (Å²) >= 11 is 0. The SMILES string of the molecule is C=C1CCC(N2Cc3cc(CCC(=O)CC(C)(C)C)ccc3C2=O)C(=O)N1. The van der Waals surface area contributed by atoms with Crippen LogP contribution in [-0.4, -0.2) is 28.5 Å². The van der Waals surface area contributed by atoms with Crippen LogP contribution in [0.5, 0.6) is 0 Å². The van der Waals surface area contributed by atoms with E-state index in [0.29, 0.717) is 49.9 Å². The summed E-state index contributed by atoms with van der Waals surface area (Å²) in [5, 5.41) is 2.75. The Kier molecular flexibility index (Phi) is 5.22. The van der Waals surface area contributed by atoms with Crippen LogP contribution in [0.15, 0.2) is 30.5 Å². The molecule has 1 aromatic carbocycles. The van der Waals surface area contributed by atoms with Crippen LogP contribution in [0.3, 0.4) is 0 Å². The van der Waals surface area contributed by atoms with Crippen LogP contribution in [0.4, 0.5) is 0 Å². The Morgan fingerprint density at radius 2 is 2.04 bits per heavy atom. The molecule has 1 atom stereocenters. The number of ketones is 1.